The van der Waals surface area contributed by atoms with Gasteiger partial charge in [-0.1, -0.05) is 0 Å². The van der Waals surface area contributed by atoms with Gasteiger partial charge in [0, 0.05) is 37.0 Å². The summed E-state index contributed by atoms with van der Waals surface area (Å²) in [6, 6.07) is 6.90. The number of hydrogen-bond acceptors (Lipinski definition) is 4. The van der Waals surface area contributed by atoms with Gasteiger partial charge in [-0.05, 0) is 44.0 Å². The topological polar surface area (TPSA) is 34.6 Å². The Morgan fingerprint density at radius 2 is 1.96 bits per heavy atom. The van der Waals surface area contributed by atoms with Crippen LogP contribution in [0.1, 0.15) is 18.5 Å². The van der Waals surface area contributed by atoms with Crippen LogP contribution in [0.4, 0.5) is 14.5 Å². The number of methoxy groups -OCH3 is 1. The van der Waals surface area contributed by atoms with Gasteiger partial charge < -0.3 is 14.4 Å². The molecule has 1 saturated heterocycles. The van der Waals surface area contributed by atoms with Crippen molar-refractivity contribution in [3.8, 4) is 5.75 Å². The molecule has 0 unspecified atom stereocenters. The number of benzene rings is 1. The van der Waals surface area contributed by atoms with Crippen LogP contribution >= 0.6 is 0 Å². The Morgan fingerprint density at radius 1 is 1.22 bits per heavy atom. The molecule has 0 bridgehead atoms. The van der Waals surface area contributed by atoms with E-state index in [-0.39, 0.29) is 11.9 Å². The van der Waals surface area contributed by atoms with Crippen LogP contribution in [0.15, 0.2) is 24.3 Å². The van der Waals surface area contributed by atoms with E-state index in [1.54, 1.807) is 19.2 Å². The monoisotopic (exact) mass is 322 g/mol. The Balaban J connectivity index is 1.97. The minimum absolute atomic E-state index is 0.159. The van der Waals surface area contributed by atoms with Crippen LogP contribution in [-0.2, 0) is 4.74 Å². The molecule has 2 aromatic rings. The quantitative estimate of drug-likeness (QED) is 0.858. The van der Waals surface area contributed by atoms with Crippen molar-refractivity contribution in [3.63, 3.8) is 0 Å². The predicted octanol–water partition coefficient (Wildman–Crippen LogP) is 3.76. The largest absolute Gasteiger partial charge is 0.435 e. The second kappa shape index (κ2) is 6.66. The Bertz CT molecular complexity index is 686. The van der Waals surface area contributed by atoms with Crippen molar-refractivity contribution in [2.45, 2.75) is 32.5 Å². The lowest BCUT2D eigenvalue weighted by atomic mass is 10.0. The second-order valence-corrected chi connectivity index (χ2v) is 5.76. The molecule has 6 heteroatoms. The number of nitrogens with zero attached hydrogens (tertiary/aromatic N) is 2. The average molecular weight is 322 g/mol. The first kappa shape index (κ1) is 15.9. The van der Waals surface area contributed by atoms with Crippen molar-refractivity contribution in [2.24, 2.45) is 0 Å². The van der Waals surface area contributed by atoms with E-state index in [0.29, 0.717) is 0 Å². The second-order valence-electron chi connectivity index (χ2n) is 5.76. The maximum Gasteiger partial charge on any atom is 0.387 e. The molecule has 1 aliphatic rings. The van der Waals surface area contributed by atoms with E-state index >= 15 is 0 Å². The molecule has 0 N–H and O–H groups in total. The van der Waals surface area contributed by atoms with Gasteiger partial charge >= 0.3 is 6.61 Å². The fourth-order valence-corrected chi connectivity index (χ4v) is 3.09. The van der Waals surface area contributed by atoms with Gasteiger partial charge in [0.15, 0.2) is 0 Å². The Morgan fingerprint density at radius 3 is 2.61 bits per heavy atom. The van der Waals surface area contributed by atoms with Crippen LogP contribution in [0.3, 0.4) is 0 Å². The first-order chi connectivity index (χ1) is 11.1. The number of aromatic nitrogens is 1. The molecule has 1 aromatic heterocycles. The van der Waals surface area contributed by atoms with Gasteiger partial charge in [-0.2, -0.15) is 8.78 Å². The van der Waals surface area contributed by atoms with Crippen molar-refractivity contribution in [2.75, 3.05) is 25.1 Å². The summed E-state index contributed by atoms with van der Waals surface area (Å²) in [5, 5.41) is 0.838. The number of halogens is 2. The van der Waals surface area contributed by atoms with Crippen molar-refractivity contribution in [1.82, 2.24) is 4.98 Å². The third-order valence-electron chi connectivity index (χ3n) is 4.23. The number of pyridine rings is 1. The molecule has 0 amide bonds. The fraction of sp³-hybridized carbons (Fsp3) is 0.471. The molecular weight excluding hydrogens is 302 g/mol. The van der Waals surface area contributed by atoms with Crippen molar-refractivity contribution in [1.29, 1.82) is 0 Å². The maximum atomic E-state index is 12.5. The first-order valence-electron chi connectivity index (χ1n) is 7.71. The molecule has 0 aliphatic carbocycles. The smallest absolute Gasteiger partial charge is 0.387 e. The zero-order valence-corrected chi connectivity index (χ0v) is 13.3. The highest BCUT2D eigenvalue weighted by molar-refractivity contribution is 5.93. The van der Waals surface area contributed by atoms with E-state index in [1.807, 2.05) is 13.0 Å². The lowest BCUT2D eigenvalue weighted by Gasteiger charge is -2.33. The molecule has 0 spiro atoms. The number of alkyl halides is 2. The molecule has 0 atom stereocenters. The zero-order chi connectivity index (χ0) is 16.4. The van der Waals surface area contributed by atoms with E-state index in [1.165, 1.54) is 6.07 Å². The normalized spacial score (nSPS) is 16.3. The molecule has 0 saturated carbocycles. The van der Waals surface area contributed by atoms with E-state index in [4.69, 9.17) is 4.74 Å². The number of anilines is 1. The van der Waals surface area contributed by atoms with Crippen LogP contribution in [-0.4, -0.2) is 37.9 Å². The lowest BCUT2D eigenvalue weighted by molar-refractivity contribution is -0.0497. The van der Waals surface area contributed by atoms with E-state index in [0.717, 1.165) is 48.2 Å². The molecule has 1 aromatic carbocycles. The molecule has 2 heterocycles. The highest BCUT2D eigenvalue weighted by Gasteiger charge is 2.21. The highest BCUT2D eigenvalue weighted by Crippen LogP contribution is 2.32. The number of rotatable bonds is 4. The van der Waals surface area contributed by atoms with E-state index in [2.05, 4.69) is 14.6 Å². The van der Waals surface area contributed by atoms with Crippen LogP contribution in [0.2, 0.25) is 0 Å². The Hall–Kier alpha value is -1.95. The molecule has 3 rings (SSSR count). The van der Waals surface area contributed by atoms with Crippen molar-refractivity contribution >= 4 is 16.6 Å². The molecule has 0 radical (unpaired) electrons. The minimum atomic E-state index is -2.83. The number of ether oxygens (including phenoxy) is 2. The molecule has 1 aliphatic heterocycles. The van der Waals surface area contributed by atoms with Crippen LogP contribution in [0.25, 0.3) is 10.9 Å². The molecule has 124 valence electrons. The predicted molar refractivity (Wildman–Crippen MR) is 85.4 cm³/mol. The van der Waals surface area contributed by atoms with Gasteiger partial charge in [0.05, 0.1) is 11.6 Å². The summed E-state index contributed by atoms with van der Waals surface area (Å²) in [6.07, 6.45) is 2.19. The molecule has 1 fully saturated rings. The van der Waals surface area contributed by atoms with Gasteiger partial charge in [-0.3, -0.25) is 4.98 Å². The van der Waals surface area contributed by atoms with Crippen molar-refractivity contribution < 1.29 is 18.3 Å². The lowest BCUT2D eigenvalue weighted by Crippen LogP contribution is -2.36. The SMILES string of the molecule is COC1CCN(c2cc(C)nc3ccc(OC(F)F)cc23)CC1. The van der Waals surface area contributed by atoms with Gasteiger partial charge in [0.1, 0.15) is 5.75 Å². The minimum Gasteiger partial charge on any atom is -0.435 e. The summed E-state index contributed by atoms with van der Waals surface area (Å²) in [5.41, 5.74) is 2.71. The van der Waals surface area contributed by atoms with Crippen LogP contribution in [0, 0.1) is 6.92 Å². The Labute approximate surface area is 134 Å². The summed E-state index contributed by atoms with van der Waals surface area (Å²) in [6.45, 7) is 0.856. The number of aryl methyl sites for hydroxylation is 1. The van der Waals surface area contributed by atoms with Gasteiger partial charge in [-0.25, -0.2) is 0 Å². The maximum absolute atomic E-state index is 12.5. The number of hydrogen-bond donors (Lipinski definition) is 0. The van der Waals surface area contributed by atoms with Gasteiger partial charge in [0.25, 0.3) is 0 Å². The molecule has 4 nitrogen and oxygen atoms in total. The van der Waals surface area contributed by atoms with Crippen LogP contribution < -0.4 is 9.64 Å². The summed E-state index contributed by atoms with van der Waals surface area (Å²) in [7, 11) is 1.74. The highest BCUT2D eigenvalue weighted by atomic mass is 19.3. The van der Waals surface area contributed by atoms with Gasteiger partial charge in [-0.15, -0.1) is 0 Å². The summed E-state index contributed by atoms with van der Waals surface area (Å²) in [5.74, 6) is 0.159. The molecule has 23 heavy (non-hydrogen) atoms. The molecular formula is C17H20F2N2O2. The fourth-order valence-electron chi connectivity index (χ4n) is 3.09. The number of fused-ring (bicyclic) bond motifs is 1. The standard InChI is InChI=1S/C17H20F2N2O2/c1-11-9-16(21-7-5-12(22-2)6-8-21)14-10-13(23-17(18)19)3-4-15(14)20-11/h3-4,9-10,12,17H,5-8H2,1-2H3. The summed E-state index contributed by atoms with van der Waals surface area (Å²) < 4.78 is 34.9. The summed E-state index contributed by atoms with van der Waals surface area (Å²) >= 11 is 0. The van der Waals surface area contributed by atoms with E-state index < -0.39 is 6.61 Å². The third-order valence-corrected chi connectivity index (χ3v) is 4.23. The zero-order valence-electron chi connectivity index (χ0n) is 13.3. The third kappa shape index (κ3) is 3.52. The number of piperidine rings is 1. The average Bonchev–Trinajstić information content (AvgIpc) is 2.54. The first-order valence-corrected chi connectivity index (χ1v) is 7.71. The van der Waals surface area contributed by atoms with Crippen LogP contribution in [0.5, 0.6) is 5.75 Å². The van der Waals surface area contributed by atoms with E-state index in [9.17, 15) is 8.78 Å². The van der Waals surface area contributed by atoms with Gasteiger partial charge in [0.2, 0.25) is 0 Å². The summed E-state index contributed by atoms with van der Waals surface area (Å²) in [4.78, 5) is 6.75. The van der Waals surface area contributed by atoms with Crippen molar-refractivity contribution in [3.05, 3.63) is 30.0 Å². The Kier molecular flexibility index (Phi) is 4.61.